The summed E-state index contributed by atoms with van der Waals surface area (Å²) in [7, 11) is 0. The van der Waals surface area contributed by atoms with Crippen LogP contribution in [0.25, 0.3) is 0 Å². The number of carbonyl (C=O) groups excluding carboxylic acids is 1. The molecule has 4 rings (SSSR count). The number of hydrogen-bond acceptors (Lipinski definition) is 4. The fourth-order valence-corrected chi connectivity index (χ4v) is 3.90. The smallest absolute Gasteiger partial charge is 0.250 e. The topological polar surface area (TPSA) is 45.1 Å². The van der Waals surface area contributed by atoms with Crippen LogP contribution in [0, 0.1) is 0 Å². The molecule has 1 saturated heterocycles. The number of hydrogen-bond donors (Lipinski definition) is 0. The molecule has 6 heteroatoms. The van der Waals surface area contributed by atoms with Gasteiger partial charge >= 0.3 is 0 Å². The molecule has 1 amide bonds. The lowest BCUT2D eigenvalue weighted by Gasteiger charge is -2.24. The van der Waals surface area contributed by atoms with Gasteiger partial charge in [0.2, 0.25) is 0 Å². The number of rotatable bonds is 6. The van der Waals surface area contributed by atoms with Gasteiger partial charge < -0.3 is 9.64 Å². The highest BCUT2D eigenvalue weighted by molar-refractivity contribution is 6.32. The van der Waals surface area contributed by atoms with E-state index in [0.717, 1.165) is 42.2 Å². The number of aliphatic imine (C=N–C) groups is 1. The first-order valence-corrected chi connectivity index (χ1v) is 10.1. The summed E-state index contributed by atoms with van der Waals surface area (Å²) in [5, 5.41) is 0.617. The Morgan fingerprint density at radius 3 is 2.64 bits per heavy atom. The van der Waals surface area contributed by atoms with E-state index in [2.05, 4.69) is 9.89 Å². The number of nitrogens with zero attached hydrogens (tertiary/aromatic N) is 3. The van der Waals surface area contributed by atoms with Gasteiger partial charge in [0.25, 0.3) is 5.91 Å². The first-order chi connectivity index (χ1) is 13.7. The number of amides is 1. The number of halogens is 1. The summed E-state index contributed by atoms with van der Waals surface area (Å²) in [6, 6.07) is 15.4. The lowest BCUT2D eigenvalue weighted by Crippen LogP contribution is -2.36. The lowest BCUT2D eigenvalue weighted by molar-refractivity contribution is -0.118. The molecule has 2 aromatic rings. The van der Waals surface area contributed by atoms with Gasteiger partial charge in [-0.3, -0.25) is 14.7 Å². The zero-order valence-corrected chi connectivity index (χ0v) is 16.6. The Morgan fingerprint density at radius 1 is 1.07 bits per heavy atom. The highest BCUT2D eigenvalue weighted by Crippen LogP contribution is 2.29. The second kappa shape index (κ2) is 8.86. The number of carbonyl (C=O) groups is 1. The van der Waals surface area contributed by atoms with Gasteiger partial charge in [-0.2, -0.15) is 0 Å². The Morgan fingerprint density at radius 2 is 1.86 bits per heavy atom. The molecule has 2 aliphatic heterocycles. The molecule has 28 heavy (non-hydrogen) atoms. The Bertz CT molecular complexity index is 863. The third kappa shape index (κ3) is 4.27. The van der Waals surface area contributed by atoms with E-state index >= 15 is 0 Å². The van der Waals surface area contributed by atoms with E-state index in [1.807, 2.05) is 42.5 Å². The van der Waals surface area contributed by atoms with Crippen molar-refractivity contribution in [3.05, 3.63) is 64.7 Å². The molecular weight excluding hydrogens is 374 g/mol. The van der Waals surface area contributed by atoms with Crippen molar-refractivity contribution in [3.8, 4) is 0 Å². The predicted octanol–water partition coefficient (Wildman–Crippen LogP) is 3.59. The molecule has 0 spiro atoms. The maximum absolute atomic E-state index is 12.8. The van der Waals surface area contributed by atoms with Crippen LogP contribution in [0.3, 0.4) is 0 Å². The number of likely N-dealkylation sites (tertiary alicyclic amines) is 1. The second-order valence-electron chi connectivity index (χ2n) is 7.10. The fourth-order valence-electron chi connectivity index (χ4n) is 3.72. The van der Waals surface area contributed by atoms with Crippen LogP contribution in [0.15, 0.2) is 53.5 Å². The van der Waals surface area contributed by atoms with Crippen molar-refractivity contribution >= 4 is 28.9 Å². The molecule has 2 aliphatic rings. The summed E-state index contributed by atoms with van der Waals surface area (Å²) < 4.78 is 5.87. The Labute approximate surface area is 170 Å². The van der Waals surface area contributed by atoms with Gasteiger partial charge in [-0.25, -0.2) is 0 Å². The normalized spacial score (nSPS) is 17.4. The van der Waals surface area contributed by atoms with E-state index in [1.165, 1.54) is 12.8 Å². The molecule has 2 heterocycles. The fraction of sp³-hybridized carbons (Fsp3) is 0.364. The summed E-state index contributed by atoms with van der Waals surface area (Å²) in [6.45, 7) is 4.11. The first-order valence-electron chi connectivity index (χ1n) is 9.72. The highest BCUT2D eigenvalue weighted by atomic mass is 35.5. The van der Waals surface area contributed by atoms with E-state index < -0.39 is 0 Å². The third-order valence-corrected chi connectivity index (χ3v) is 5.43. The minimum Gasteiger partial charge on any atom is -0.359 e. The molecule has 0 bridgehead atoms. The summed E-state index contributed by atoms with van der Waals surface area (Å²) in [5.74, 6) is -0.0734. The van der Waals surface area contributed by atoms with E-state index in [9.17, 15) is 4.79 Å². The molecule has 0 saturated carbocycles. The average Bonchev–Trinajstić information content (AvgIpc) is 3.19. The summed E-state index contributed by atoms with van der Waals surface area (Å²) in [5.41, 5.74) is 3.39. The molecule has 0 radical (unpaired) electrons. The van der Waals surface area contributed by atoms with Crippen molar-refractivity contribution in [2.75, 3.05) is 44.4 Å². The zero-order valence-electron chi connectivity index (χ0n) is 15.8. The lowest BCUT2D eigenvalue weighted by atomic mass is 10.0. The largest absolute Gasteiger partial charge is 0.359 e. The molecule has 0 aromatic heterocycles. The van der Waals surface area contributed by atoms with Crippen LogP contribution < -0.4 is 4.90 Å². The third-order valence-electron chi connectivity index (χ3n) is 5.20. The number of benzene rings is 2. The first kappa shape index (κ1) is 19.1. The van der Waals surface area contributed by atoms with Crippen molar-refractivity contribution in [2.24, 2.45) is 4.99 Å². The molecule has 146 valence electrons. The molecule has 0 unspecified atom stereocenters. The van der Waals surface area contributed by atoms with Gasteiger partial charge in [0.15, 0.2) is 0 Å². The standard InChI is InChI=1S/C22H24ClN3O2/c23-18-8-9-20-19(14-18)22(17-6-2-1-3-7-17)24-15-21(27)26(20)16-28-13-12-25-10-4-5-11-25/h1-3,6-9,14H,4-5,10-13,15-16H2. The van der Waals surface area contributed by atoms with Gasteiger partial charge in [0.1, 0.15) is 13.3 Å². The number of ether oxygens (including phenoxy) is 1. The van der Waals surface area contributed by atoms with Crippen LogP contribution in [0.5, 0.6) is 0 Å². The number of benzodiazepines with no additional fused rings is 1. The van der Waals surface area contributed by atoms with Crippen molar-refractivity contribution < 1.29 is 9.53 Å². The minimum absolute atomic E-state index is 0.0734. The molecular formula is C22H24ClN3O2. The van der Waals surface area contributed by atoms with E-state index in [4.69, 9.17) is 16.3 Å². The molecule has 1 fully saturated rings. The Kier molecular flexibility index (Phi) is 6.05. The van der Waals surface area contributed by atoms with Crippen LogP contribution in [-0.4, -0.2) is 56.0 Å². The Hall–Kier alpha value is -2.21. The quantitative estimate of drug-likeness (QED) is 0.700. The Balaban J connectivity index is 1.55. The van der Waals surface area contributed by atoms with Crippen molar-refractivity contribution in [2.45, 2.75) is 12.8 Å². The van der Waals surface area contributed by atoms with E-state index in [-0.39, 0.29) is 19.2 Å². The van der Waals surface area contributed by atoms with Crippen molar-refractivity contribution in [1.29, 1.82) is 0 Å². The van der Waals surface area contributed by atoms with Crippen LogP contribution in [0.4, 0.5) is 5.69 Å². The van der Waals surface area contributed by atoms with Gasteiger partial charge in [-0.1, -0.05) is 41.9 Å². The zero-order chi connectivity index (χ0) is 19.3. The summed E-state index contributed by atoms with van der Waals surface area (Å²) >= 11 is 6.27. The number of fused-ring (bicyclic) bond motifs is 1. The SMILES string of the molecule is O=C1CN=C(c2ccccc2)c2cc(Cl)ccc2N1COCCN1CCCC1. The highest BCUT2D eigenvalue weighted by Gasteiger charge is 2.25. The van der Waals surface area contributed by atoms with Gasteiger partial charge in [0, 0.05) is 22.7 Å². The molecule has 0 aliphatic carbocycles. The number of anilines is 1. The summed E-state index contributed by atoms with van der Waals surface area (Å²) in [6.07, 6.45) is 2.52. The van der Waals surface area contributed by atoms with Gasteiger partial charge in [0.05, 0.1) is 18.0 Å². The summed E-state index contributed by atoms with van der Waals surface area (Å²) in [4.78, 5) is 21.5. The molecule has 2 aromatic carbocycles. The maximum Gasteiger partial charge on any atom is 0.250 e. The monoisotopic (exact) mass is 397 g/mol. The van der Waals surface area contributed by atoms with Gasteiger partial charge in [-0.05, 0) is 44.1 Å². The van der Waals surface area contributed by atoms with Crippen LogP contribution in [-0.2, 0) is 9.53 Å². The maximum atomic E-state index is 12.8. The van der Waals surface area contributed by atoms with Crippen molar-refractivity contribution in [1.82, 2.24) is 4.90 Å². The van der Waals surface area contributed by atoms with Crippen molar-refractivity contribution in [3.63, 3.8) is 0 Å². The van der Waals surface area contributed by atoms with Gasteiger partial charge in [-0.15, -0.1) is 0 Å². The predicted molar refractivity (Wildman–Crippen MR) is 112 cm³/mol. The molecule has 5 nitrogen and oxygen atoms in total. The second-order valence-corrected chi connectivity index (χ2v) is 7.54. The molecule has 0 N–H and O–H groups in total. The van der Waals surface area contributed by atoms with Crippen LogP contribution in [0.2, 0.25) is 5.02 Å². The average molecular weight is 398 g/mol. The molecule has 0 atom stereocenters. The minimum atomic E-state index is -0.0734. The van der Waals surface area contributed by atoms with E-state index in [1.54, 1.807) is 11.0 Å². The van der Waals surface area contributed by atoms with Crippen LogP contribution in [0.1, 0.15) is 24.0 Å². The van der Waals surface area contributed by atoms with E-state index in [0.29, 0.717) is 11.6 Å². The van der Waals surface area contributed by atoms with Crippen LogP contribution >= 0.6 is 11.6 Å².